The van der Waals surface area contributed by atoms with Crippen molar-refractivity contribution >= 4 is 34.4 Å². The van der Waals surface area contributed by atoms with E-state index >= 15 is 0 Å². The van der Waals surface area contributed by atoms with Crippen LogP contribution in [-0.4, -0.2) is 9.97 Å². The monoisotopic (exact) mass is 442 g/mol. The minimum atomic E-state index is 0.637. The van der Waals surface area contributed by atoms with E-state index in [-0.39, 0.29) is 0 Å². The molecule has 0 saturated carbocycles. The van der Waals surface area contributed by atoms with Crippen LogP contribution in [0.3, 0.4) is 0 Å². The topological polar surface area (TPSA) is 52.1 Å². The van der Waals surface area contributed by atoms with Gasteiger partial charge in [0.1, 0.15) is 11.0 Å². The van der Waals surface area contributed by atoms with E-state index in [0.29, 0.717) is 11.8 Å². The molecule has 0 aliphatic heterocycles. The van der Waals surface area contributed by atoms with Gasteiger partial charge in [0, 0.05) is 11.1 Å². The maximum atomic E-state index is 5.99. The summed E-state index contributed by atoms with van der Waals surface area (Å²) >= 11 is 0. The predicted octanol–water partition coefficient (Wildman–Crippen LogP) is 8.04. The lowest BCUT2D eigenvalue weighted by Crippen LogP contribution is -1.79. The SMILES string of the molecule is CCc1ccc2nc(-c3ccc(C=Cc4ccc(-c5nc6ccccc6o5)cc4)cc3)oc2c1. The fourth-order valence-corrected chi connectivity index (χ4v) is 3.97. The molecular weight excluding hydrogens is 420 g/mol. The Kier molecular flexibility index (Phi) is 5.04. The van der Waals surface area contributed by atoms with E-state index in [4.69, 9.17) is 8.83 Å². The Hall–Kier alpha value is -4.44. The number of hydrogen-bond acceptors (Lipinski definition) is 4. The van der Waals surface area contributed by atoms with Crippen LogP contribution in [0.4, 0.5) is 0 Å². The van der Waals surface area contributed by atoms with Crippen molar-refractivity contribution in [3.05, 3.63) is 108 Å². The minimum Gasteiger partial charge on any atom is -0.436 e. The number of hydrogen-bond donors (Lipinski definition) is 0. The molecule has 0 spiro atoms. The molecular formula is C30H22N2O2. The number of para-hydroxylation sites is 2. The average Bonchev–Trinajstić information content (AvgIpc) is 3.52. The Morgan fingerprint density at radius 2 is 1.18 bits per heavy atom. The zero-order chi connectivity index (χ0) is 22.9. The number of benzene rings is 4. The first-order valence-corrected chi connectivity index (χ1v) is 11.4. The molecule has 0 fully saturated rings. The van der Waals surface area contributed by atoms with Crippen LogP contribution in [0.15, 0.2) is 99.8 Å². The van der Waals surface area contributed by atoms with E-state index in [1.54, 1.807) is 0 Å². The average molecular weight is 443 g/mol. The molecule has 164 valence electrons. The quantitative estimate of drug-likeness (QED) is 0.254. The van der Waals surface area contributed by atoms with E-state index in [2.05, 4.69) is 65.4 Å². The highest BCUT2D eigenvalue weighted by Crippen LogP contribution is 2.27. The van der Waals surface area contributed by atoms with Crippen molar-refractivity contribution in [1.82, 2.24) is 9.97 Å². The summed E-state index contributed by atoms with van der Waals surface area (Å²) in [4.78, 5) is 9.20. The van der Waals surface area contributed by atoms with Gasteiger partial charge in [-0.25, -0.2) is 9.97 Å². The molecule has 0 aliphatic rings. The van der Waals surface area contributed by atoms with Crippen molar-refractivity contribution in [2.24, 2.45) is 0 Å². The standard InChI is InChI=1S/C30H22N2O2/c1-2-20-13-18-26-28(19-20)34-30(32-26)24-16-11-22(12-17-24)8-7-21-9-14-23(15-10-21)29-31-25-5-3-4-6-27(25)33-29/h3-19H,2H2,1H3. The maximum absolute atomic E-state index is 5.99. The Morgan fingerprint density at radius 3 is 1.76 bits per heavy atom. The zero-order valence-electron chi connectivity index (χ0n) is 18.7. The Morgan fingerprint density at radius 1 is 0.618 bits per heavy atom. The highest BCUT2D eigenvalue weighted by atomic mass is 16.4. The van der Waals surface area contributed by atoms with Crippen molar-refractivity contribution in [3.8, 4) is 22.9 Å². The summed E-state index contributed by atoms with van der Waals surface area (Å²) in [5.74, 6) is 1.28. The minimum absolute atomic E-state index is 0.637. The number of aromatic nitrogens is 2. The largest absolute Gasteiger partial charge is 0.436 e. The number of nitrogens with zero attached hydrogens (tertiary/aromatic N) is 2. The van der Waals surface area contributed by atoms with E-state index in [1.807, 2.05) is 54.6 Å². The summed E-state index contributed by atoms with van der Waals surface area (Å²) in [7, 11) is 0. The molecule has 4 nitrogen and oxygen atoms in total. The zero-order valence-corrected chi connectivity index (χ0v) is 18.7. The van der Waals surface area contributed by atoms with Gasteiger partial charge < -0.3 is 8.83 Å². The van der Waals surface area contributed by atoms with Crippen LogP contribution in [0, 0.1) is 0 Å². The van der Waals surface area contributed by atoms with E-state index < -0.39 is 0 Å². The van der Waals surface area contributed by atoms with Gasteiger partial charge in [0.2, 0.25) is 11.8 Å². The lowest BCUT2D eigenvalue weighted by Gasteiger charge is -1.99. The van der Waals surface area contributed by atoms with Gasteiger partial charge in [0.25, 0.3) is 0 Å². The van der Waals surface area contributed by atoms with Gasteiger partial charge in [0.05, 0.1) is 0 Å². The molecule has 0 radical (unpaired) electrons. The molecule has 2 aromatic heterocycles. The number of aryl methyl sites for hydroxylation is 1. The van der Waals surface area contributed by atoms with E-state index in [0.717, 1.165) is 50.9 Å². The molecule has 6 aromatic rings. The van der Waals surface area contributed by atoms with Crippen molar-refractivity contribution in [2.45, 2.75) is 13.3 Å². The molecule has 6 rings (SSSR count). The molecule has 0 unspecified atom stereocenters. The second-order valence-corrected chi connectivity index (χ2v) is 8.24. The Bertz CT molecular complexity index is 1590. The van der Waals surface area contributed by atoms with Crippen LogP contribution < -0.4 is 0 Å². The molecule has 34 heavy (non-hydrogen) atoms. The lowest BCUT2D eigenvalue weighted by atomic mass is 10.1. The third-order valence-corrected chi connectivity index (χ3v) is 5.94. The second kappa shape index (κ2) is 8.49. The smallest absolute Gasteiger partial charge is 0.227 e. The maximum Gasteiger partial charge on any atom is 0.227 e. The summed E-state index contributed by atoms with van der Waals surface area (Å²) in [6, 6.07) is 30.4. The third-order valence-electron chi connectivity index (χ3n) is 5.94. The molecule has 0 amide bonds. The lowest BCUT2D eigenvalue weighted by molar-refractivity contribution is 0.619. The van der Waals surface area contributed by atoms with E-state index in [1.165, 1.54) is 5.56 Å². The fourth-order valence-electron chi connectivity index (χ4n) is 3.97. The molecule has 0 saturated heterocycles. The van der Waals surface area contributed by atoms with Gasteiger partial charge >= 0.3 is 0 Å². The highest BCUT2D eigenvalue weighted by molar-refractivity contribution is 5.78. The third kappa shape index (κ3) is 3.90. The molecule has 0 aliphatic carbocycles. The van der Waals surface area contributed by atoms with Crippen LogP contribution in [0.25, 0.3) is 57.3 Å². The molecule has 0 atom stereocenters. The van der Waals surface area contributed by atoms with Crippen LogP contribution >= 0.6 is 0 Å². The summed E-state index contributed by atoms with van der Waals surface area (Å²) in [6.45, 7) is 2.14. The predicted molar refractivity (Wildman–Crippen MR) is 137 cm³/mol. The van der Waals surface area contributed by atoms with Crippen molar-refractivity contribution in [2.75, 3.05) is 0 Å². The highest BCUT2D eigenvalue weighted by Gasteiger charge is 2.09. The Labute approximate surface area is 197 Å². The van der Waals surface area contributed by atoms with Crippen molar-refractivity contribution < 1.29 is 8.83 Å². The number of oxazole rings is 2. The first-order valence-electron chi connectivity index (χ1n) is 11.4. The Balaban J connectivity index is 1.18. The van der Waals surface area contributed by atoms with Gasteiger partial charge in [-0.3, -0.25) is 0 Å². The van der Waals surface area contributed by atoms with Crippen LogP contribution in [0.5, 0.6) is 0 Å². The van der Waals surface area contributed by atoms with Crippen molar-refractivity contribution in [1.29, 1.82) is 0 Å². The first-order chi connectivity index (χ1) is 16.7. The molecule has 2 heterocycles. The van der Waals surface area contributed by atoms with Crippen molar-refractivity contribution in [3.63, 3.8) is 0 Å². The molecule has 0 N–H and O–H groups in total. The van der Waals surface area contributed by atoms with Gasteiger partial charge in [-0.2, -0.15) is 0 Å². The van der Waals surface area contributed by atoms with Crippen LogP contribution in [0.2, 0.25) is 0 Å². The number of fused-ring (bicyclic) bond motifs is 2. The summed E-state index contributed by atoms with van der Waals surface area (Å²) < 4.78 is 11.9. The van der Waals surface area contributed by atoms with E-state index in [9.17, 15) is 0 Å². The first kappa shape index (κ1) is 20.2. The number of rotatable bonds is 5. The molecule has 0 bridgehead atoms. The summed E-state index contributed by atoms with van der Waals surface area (Å²) in [6.07, 6.45) is 5.17. The van der Waals surface area contributed by atoms with Gasteiger partial charge in [0.15, 0.2) is 11.2 Å². The fraction of sp³-hybridized carbons (Fsp3) is 0.0667. The normalized spacial score (nSPS) is 11.7. The summed E-state index contributed by atoms with van der Waals surface area (Å²) in [5, 5.41) is 0. The molecule has 4 aromatic carbocycles. The second-order valence-electron chi connectivity index (χ2n) is 8.24. The van der Waals surface area contributed by atoms with Gasteiger partial charge in [-0.05, 0) is 71.6 Å². The van der Waals surface area contributed by atoms with Crippen LogP contribution in [-0.2, 0) is 6.42 Å². The van der Waals surface area contributed by atoms with Crippen LogP contribution in [0.1, 0.15) is 23.6 Å². The summed E-state index contributed by atoms with van der Waals surface area (Å²) in [5.41, 5.74) is 8.78. The molecule has 4 heteroatoms. The van der Waals surface area contributed by atoms with Gasteiger partial charge in [-0.15, -0.1) is 0 Å². The van der Waals surface area contributed by atoms with Gasteiger partial charge in [-0.1, -0.05) is 61.5 Å².